The fraction of sp³-hybridized carbons (Fsp3) is 0.647. The summed E-state index contributed by atoms with van der Waals surface area (Å²) < 4.78 is 0. The van der Waals surface area contributed by atoms with E-state index in [0.29, 0.717) is 6.04 Å². The quantitative estimate of drug-likeness (QED) is 0.637. The van der Waals surface area contributed by atoms with Crippen LogP contribution < -0.4 is 5.32 Å². The van der Waals surface area contributed by atoms with E-state index in [1.54, 1.807) is 5.56 Å². The summed E-state index contributed by atoms with van der Waals surface area (Å²) in [5, 5.41) is 3.63. The molecule has 0 saturated heterocycles. The van der Waals surface area contributed by atoms with Gasteiger partial charge in [-0.3, -0.25) is 0 Å². The normalized spacial score (nSPS) is 17.9. The lowest BCUT2D eigenvalue weighted by Gasteiger charge is -2.11. The molecule has 0 fully saturated rings. The third-order valence-electron chi connectivity index (χ3n) is 4.07. The van der Waals surface area contributed by atoms with Crippen molar-refractivity contribution in [3.63, 3.8) is 0 Å². The van der Waals surface area contributed by atoms with Crippen LogP contribution in [-0.2, 0) is 6.54 Å². The van der Waals surface area contributed by atoms with E-state index in [1.807, 2.05) is 0 Å². The first-order valence-corrected chi connectivity index (χ1v) is 7.73. The van der Waals surface area contributed by atoms with Crippen molar-refractivity contribution in [2.45, 2.75) is 70.9 Å². The molecule has 1 aromatic carbocycles. The Bertz CT molecular complexity index is 345. The fourth-order valence-corrected chi connectivity index (χ4v) is 2.94. The molecule has 1 heteroatoms. The minimum Gasteiger partial charge on any atom is -0.306 e. The largest absolute Gasteiger partial charge is 0.306 e. The highest BCUT2D eigenvalue weighted by atomic mass is 14.9. The second kappa shape index (κ2) is 7.58. The molecule has 100 valence electrons. The highest BCUT2D eigenvalue weighted by Crippen LogP contribution is 2.29. The van der Waals surface area contributed by atoms with Gasteiger partial charge in [0.15, 0.2) is 0 Å². The van der Waals surface area contributed by atoms with Crippen molar-refractivity contribution in [1.82, 2.24) is 5.32 Å². The highest BCUT2D eigenvalue weighted by molar-refractivity contribution is 5.33. The van der Waals surface area contributed by atoms with Gasteiger partial charge in [0.1, 0.15) is 0 Å². The molecular weight excluding hydrogens is 218 g/mol. The average Bonchev–Trinajstić information content (AvgIpc) is 2.81. The molecule has 1 nitrogen and oxygen atoms in total. The molecular formula is C17H27N. The summed E-state index contributed by atoms with van der Waals surface area (Å²) in [6, 6.07) is 9.49. The molecule has 0 saturated carbocycles. The van der Waals surface area contributed by atoms with Crippen molar-refractivity contribution in [2.75, 3.05) is 0 Å². The summed E-state index contributed by atoms with van der Waals surface area (Å²) in [4.78, 5) is 0. The van der Waals surface area contributed by atoms with Crippen LogP contribution in [0.5, 0.6) is 0 Å². The van der Waals surface area contributed by atoms with E-state index in [-0.39, 0.29) is 0 Å². The standard InChI is InChI=1S/C17H27N/c1-2-3-4-5-6-7-8-13-17-16-12-10-9-11-15(16)14-18-17/h9-12,17-18H,2-8,13-14H2,1H3. The van der Waals surface area contributed by atoms with Gasteiger partial charge in [0.2, 0.25) is 0 Å². The lowest BCUT2D eigenvalue weighted by atomic mass is 9.99. The van der Waals surface area contributed by atoms with Crippen molar-refractivity contribution in [3.05, 3.63) is 35.4 Å². The first-order chi connectivity index (χ1) is 8.92. The highest BCUT2D eigenvalue weighted by Gasteiger charge is 2.19. The van der Waals surface area contributed by atoms with Crippen molar-refractivity contribution >= 4 is 0 Å². The molecule has 0 aromatic heterocycles. The lowest BCUT2D eigenvalue weighted by Crippen LogP contribution is -2.11. The van der Waals surface area contributed by atoms with E-state index < -0.39 is 0 Å². The first-order valence-electron chi connectivity index (χ1n) is 7.73. The molecule has 0 aliphatic carbocycles. The van der Waals surface area contributed by atoms with Crippen molar-refractivity contribution in [3.8, 4) is 0 Å². The van der Waals surface area contributed by atoms with Crippen LogP contribution in [0.1, 0.15) is 75.5 Å². The van der Waals surface area contributed by atoms with E-state index in [0.717, 1.165) is 6.54 Å². The molecule has 0 spiro atoms. The van der Waals surface area contributed by atoms with Gasteiger partial charge in [-0.25, -0.2) is 0 Å². The summed E-state index contributed by atoms with van der Waals surface area (Å²) in [5.41, 5.74) is 3.05. The summed E-state index contributed by atoms with van der Waals surface area (Å²) in [5.74, 6) is 0. The van der Waals surface area contributed by atoms with E-state index in [4.69, 9.17) is 0 Å². The van der Waals surface area contributed by atoms with E-state index in [2.05, 4.69) is 36.5 Å². The molecule has 0 bridgehead atoms. The average molecular weight is 245 g/mol. The van der Waals surface area contributed by atoms with Gasteiger partial charge < -0.3 is 5.32 Å². The van der Waals surface area contributed by atoms with E-state index in [1.165, 1.54) is 56.9 Å². The monoisotopic (exact) mass is 245 g/mol. The van der Waals surface area contributed by atoms with Gasteiger partial charge >= 0.3 is 0 Å². The van der Waals surface area contributed by atoms with Crippen LogP contribution in [0.3, 0.4) is 0 Å². The molecule has 0 amide bonds. The predicted octanol–water partition coefficient (Wildman–Crippen LogP) is 4.97. The number of rotatable bonds is 8. The van der Waals surface area contributed by atoms with Gasteiger partial charge in [-0.1, -0.05) is 76.1 Å². The molecule has 2 rings (SSSR count). The Morgan fingerprint density at radius 3 is 2.56 bits per heavy atom. The zero-order chi connectivity index (χ0) is 12.6. The van der Waals surface area contributed by atoms with Crippen molar-refractivity contribution in [1.29, 1.82) is 0 Å². The molecule has 1 atom stereocenters. The van der Waals surface area contributed by atoms with Crippen LogP contribution >= 0.6 is 0 Å². The summed E-state index contributed by atoms with van der Waals surface area (Å²) in [6.07, 6.45) is 11.1. The fourth-order valence-electron chi connectivity index (χ4n) is 2.94. The summed E-state index contributed by atoms with van der Waals surface area (Å²) >= 11 is 0. The molecule has 1 aliphatic rings. The zero-order valence-electron chi connectivity index (χ0n) is 11.8. The predicted molar refractivity (Wildman–Crippen MR) is 78.6 cm³/mol. The smallest absolute Gasteiger partial charge is 0.0326 e. The van der Waals surface area contributed by atoms with Gasteiger partial charge in [0.05, 0.1) is 0 Å². The van der Waals surface area contributed by atoms with Gasteiger partial charge in [-0.2, -0.15) is 0 Å². The molecule has 1 aromatic rings. The van der Waals surface area contributed by atoms with Crippen molar-refractivity contribution < 1.29 is 0 Å². The maximum Gasteiger partial charge on any atom is 0.0326 e. The van der Waals surface area contributed by atoms with E-state index in [9.17, 15) is 0 Å². The number of unbranched alkanes of at least 4 members (excludes halogenated alkanes) is 6. The summed E-state index contributed by atoms with van der Waals surface area (Å²) in [6.45, 7) is 3.35. The van der Waals surface area contributed by atoms with Gasteiger partial charge in [-0.15, -0.1) is 0 Å². The maximum absolute atomic E-state index is 3.63. The second-order valence-electron chi connectivity index (χ2n) is 5.54. The Morgan fingerprint density at radius 2 is 1.72 bits per heavy atom. The van der Waals surface area contributed by atoms with Crippen LogP contribution in [0.25, 0.3) is 0 Å². The Hall–Kier alpha value is -0.820. The summed E-state index contributed by atoms with van der Waals surface area (Å²) in [7, 11) is 0. The van der Waals surface area contributed by atoms with Gasteiger partial charge in [0, 0.05) is 12.6 Å². The van der Waals surface area contributed by atoms with Crippen molar-refractivity contribution in [2.24, 2.45) is 0 Å². The van der Waals surface area contributed by atoms with Crippen LogP contribution in [-0.4, -0.2) is 0 Å². The Kier molecular flexibility index (Phi) is 5.73. The molecule has 1 aliphatic heterocycles. The minimum absolute atomic E-state index is 0.622. The third-order valence-corrected chi connectivity index (χ3v) is 4.07. The number of fused-ring (bicyclic) bond motifs is 1. The Labute approximate surface area is 112 Å². The number of hydrogen-bond acceptors (Lipinski definition) is 1. The van der Waals surface area contributed by atoms with Crippen LogP contribution in [0.4, 0.5) is 0 Å². The minimum atomic E-state index is 0.622. The Morgan fingerprint density at radius 1 is 1.00 bits per heavy atom. The molecule has 1 unspecified atom stereocenters. The first kappa shape index (κ1) is 13.6. The van der Waals surface area contributed by atoms with Gasteiger partial charge in [0.25, 0.3) is 0 Å². The number of benzene rings is 1. The van der Waals surface area contributed by atoms with Crippen LogP contribution in [0.2, 0.25) is 0 Å². The second-order valence-corrected chi connectivity index (χ2v) is 5.54. The van der Waals surface area contributed by atoms with E-state index >= 15 is 0 Å². The molecule has 1 heterocycles. The number of nitrogens with one attached hydrogen (secondary N) is 1. The van der Waals surface area contributed by atoms with Crippen LogP contribution in [0.15, 0.2) is 24.3 Å². The maximum atomic E-state index is 3.63. The molecule has 18 heavy (non-hydrogen) atoms. The zero-order valence-corrected chi connectivity index (χ0v) is 11.8. The topological polar surface area (TPSA) is 12.0 Å². The Balaban J connectivity index is 1.61. The third kappa shape index (κ3) is 3.84. The van der Waals surface area contributed by atoms with Gasteiger partial charge in [-0.05, 0) is 17.5 Å². The number of hydrogen-bond donors (Lipinski definition) is 1. The lowest BCUT2D eigenvalue weighted by molar-refractivity contribution is 0.493. The van der Waals surface area contributed by atoms with Crippen LogP contribution in [0, 0.1) is 0 Å². The molecule has 1 N–H and O–H groups in total. The molecule has 0 radical (unpaired) electrons. The SMILES string of the molecule is CCCCCCCCCC1NCc2ccccc21.